The topological polar surface area (TPSA) is 20.3 Å². The first-order chi connectivity index (χ1) is 9.08. The van der Waals surface area contributed by atoms with Crippen LogP contribution in [0.1, 0.15) is 15.9 Å². The zero-order valence-electron chi connectivity index (χ0n) is 11.1. The van der Waals surface area contributed by atoms with Gasteiger partial charge < -0.3 is 4.90 Å². The lowest BCUT2D eigenvalue weighted by Gasteiger charge is -2.12. The van der Waals surface area contributed by atoms with Crippen LogP contribution < -0.4 is 4.90 Å². The number of nitrogens with zero attached hydrogens (tertiary/aromatic N) is 1. The molecule has 2 nitrogen and oxygen atoms in total. The smallest absolute Gasteiger partial charge is 0.167 e. The molecule has 2 aromatic rings. The van der Waals surface area contributed by atoms with Gasteiger partial charge in [0.15, 0.2) is 5.78 Å². The second-order valence-electron chi connectivity index (χ2n) is 4.63. The van der Waals surface area contributed by atoms with Crippen molar-refractivity contribution < 1.29 is 4.79 Å². The molecule has 2 rings (SSSR count). The minimum Gasteiger partial charge on any atom is -0.378 e. The van der Waals surface area contributed by atoms with Gasteiger partial charge in [-0.05, 0) is 35.9 Å². The monoisotopic (exact) mass is 273 g/mol. The Bertz CT molecular complexity index is 576. The number of Topliss-reactive ketones (excluding diaryl/α,β-unsaturated/α-hetero) is 1. The van der Waals surface area contributed by atoms with Gasteiger partial charge in [-0.1, -0.05) is 29.8 Å². The zero-order valence-corrected chi connectivity index (χ0v) is 11.8. The number of halogens is 1. The molecule has 0 aliphatic rings. The van der Waals surface area contributed by atoms with E-state index in [1.165, 1.54) is 0 Å². The minimum absolute atomic E-state index is 0.0819. The molecule has 0 unspecified atom stereocenters. The van der Waals surface area contributed by atoms with E-state index in [9.17, 15) is 4.79 Å². The molecule has 0 bridgehead atoms. The number of carbonyl (C=O) groups excluding carboxylic acids is 1. The molecule has 0 amide bonds. The lowest BCUT2D eigenvalue weighted by atomic mass is 10.0. The maximum absolute atomic E-state index is 12.2. The molecule has 19 heavy (non-hydrogen) atoms. The van der Waals surface area contributed by atoms with Crippen LogP contribution in [0, 0.1) is 0 Å². The highest BCUT2D eigenvalue weighted by Crippen LogP contribution is 2.18. The highest BCUT2D eigenvalue weighted by Gasteiger charge is 2.09. The third-order valence-corrected chi connectivity index (χ3v) is 3.38. The predicted molar refractivity (Wildman–Crippen MR) is 80.3 cm³/mol. The van der Waals surface area contributed by atoms with Crippen LogP contribution in [0.4, 0.5) is 5.69 Å². The van der Waals surface area contributed by atoms with Crippen LogP contribution in [0.5, 0.6) is 0 Å². The molecule has 98 valence electrons. The standard InChI is InChI=1S/C16H16ClNO/c1-18(2)14-9-7-12(8-10-14)16(19)11-13-5-3-4-6-15(13)17/h3-10H,11H2,1-2H3. The third-order valence-electron chi connectivity index (χ3n) is 3.01. The number of ketones is 1. The maximum atomic E-state index is 12.2. The Labute approximate surface area is 118 Å². The molecule has 0 spiro atoms. The van der Waals surface area contributed by atoms with Gasteiger partial charge in [0.25, 0.3) is 0 Å². The molecule has 0 atom stereocenters. The van der Waals surface area contributed by atoms with Gasteiger partial charge in [0, 0.05) is 36.8 Å². The van der Waals surface area contributed by atoms with Gasteiger partial charge >= 0.3 is 0 Å². The molecular weight excluding hydrogens is 258 g/mol. The number of hydrogen-bond donors (Lipinski definition) is 0. The van der Waals surface area contributed by atoms with Crippen molar-refractivity contribution in [3.8, 4) is 0 Å². The predicted octanol–water partition coefficient (Wildman–Crippen LogP) is 3.83. The fraction of sp³-hybridized carbons (Fsp3) is 0.188. The Morgan fingerprint density at radius 1 is 1.05 bits per heavy atom. The van der Waals surface area contributed by atoms with Crippen LogP contribution in [0.25, 0.3) is 0 Å². The van der Waals surface area contributed by atoms with E-state index in [1.54, 1.807) is 6.07 Å². The Kier molecular flexibility index (Phi) is 4.23. The number of rotatable bonds is 4. The molecule has 2 aromatic carbocycles. The summed E-state index contributed by atoms with van der Waals surface area (Å²) in [5, 5.41) is 0.640. The number of carbonyl (C=O) groups is 1. The zero-order chi connectivity index (χ0) is 13.8. The van der Waals surface area contributed by atoms with Gasteiger partial charge in [0.2, 0.25) is 0 Å². The second kappa shape index (κ2) is 5.89. The van der Waals surface area contributed by atoms with E-state index in [0.29, 0.717) is 17.0 Å². The maximum Gasteiger partial charge on any atom is 0.167 e. The van der Waals surface area contributed by atoms with E-state index in [1.807, 2.05) is 61.5 Å². The Hall–Kier alpha value is -1.80. The number of benzene rings is 2. The molecule has 0 fully saturated rings. The van der Waals surface area contributed by atoms with Crippen molar-refractivity contribution in [1.82, 2.24) is 0 Å². The summed E-state index contributed by atoms with van der Waals surface area (Å²) < 4.78 is 0. The first-order valence-electron chi connectivity index (χ1n) is 6.12. The van der Waals surface area contributed by atoms with Crippen LogP contribution >= 0.6 is 11.6 Å². The van der Waals surface area contributed by atoms with Crippen molar-refractivity contribution in [3.05, 3.63) is 64.7 Å². The van der Waals surface area contributed by atoms with E-state index in [-0.39, 0.29) is 5.78 Å². The summed E-state index contributed by atoms with van der Waals surface area (Å²) in [6.07, 6.45) is 0.334. The average molecular weight is 274 g/mol. The van der Waals surface area contributed by atoms with Crippen molar-refractivity contribution in [2.45, 2.75) is 6.42 Å². The lowest BCUT2D eigenvalue weighted by molar-refractivity contribution is 0.0993. The molecule has 0 saturated carbocycles. The van der Waals surface area contributed by atoms with E-state index in [0.717, 1.165) is 11.3 Å². The third kappa shape index (κ3) is 3.36. The van der Waals surface area contributed by atoms with Crippen LogP contribution in [-0.4, -0.2) is 19.9 Å². The molecule has 0 N–H and O–H groups in total. The molecular formula is C16H16ClNO. The Morgan fingerprint density at radius 3 is 2.26 bits per heavy atom. The molecule has 0 aromatic heterocycles. The normalized spacial score (nSPS) is 10.3. The van der Waals surface area contributed by atoms with Crippen molar-refractivity contribution in [1.29, 1.82) is 0 Å². The highest BCUT2D eigenvalue weighted by molar-refractivity contribution is 6.31. The van der Waals surface area contributed by atoms with Gasteiger partial charge in [-0.25, -0.2) is 0 Å². The molecule has 0 aliphatic heterocycles. The Morgan fingerprint density at radius 2 is 1.68 bits per heavy atom. The van der Waals surface area contributed by atoms with E-state index >= 15 is 0 Å². The van der Waals surface area contributed by atoms with Gasteiger partial charge in [0.1, 0.15) is 0 Å². The van der Waals surface area contributed by atoms with Crippen molar-refractivity contribution in [2.24, 2.45) is 0 Å². The lowest BCUT2D eigenvalue weighted by Crippen LogP contribution is -2.09. The second-order valence-corrected chi connectivity index (χ2v) is 5.04. The summed E-state index contributed by atoms with van der Waals surface area (Å²) in [5.41, 5.74) is 2.66. The number of hydrogen-bond acceptors (Lipinski definition) is 2. The minimum atomic E-state index is 0.0819. The highest BCUT2D eigenvalue weighted by atomic mass is 35.5. The van der Waals surface area contributed by atoms with Gasteiger partial charge in [-0.3, -0.25) is 4.79 Å². The van der Waals surface area contributed by atoms with Gasteiger partial charge in [-0.2, -0.15) is 0 Å². The van der Waals surface area contributed by atoms with Crippen LogP contribution in [0.2, 0.25) is 5.02 Å². The molecule has 0 aliphatic carbocycles. The van der Waals surface area contributed by atoms with Crippen molar-refractivity contribution in [2.75, 3.05) is 19.0 Å². The molecule has 0 saturated heterocycles. The fourth-order valence-corrected chi connectivity index (χ4v) is 2.06. The quantitative estimate of drug-likeness (QED) is 0.789. The summed E-state index contributed by atoms with van der Waals surface area (Å²) in [5.74, 6) is 0.0819. The van der Waals surface area contributed by atoms with E-state index in [2.05, 4.69) is 0 Å². The average Bonchev–Trinajstić information content (AvgIpc) is 2.41. The van der Waals surface area contributed by atoms with Crippen LogP contribution in [0.3, 0.4) is 0 Å². The van der Waals surface area contributed by atoms with Crippen molar-refractivity contribution in [3.63, 3.8) is 0 Å². The first-order valence-corrected chi connectivity index (χ1v) is 6.49. The summed E-state index contributed by atoms with van der Waals surface area (Å²) in [6, 6.07) is 15.0. The molecule has 0 radical (unpaired) electrons. The van der Waals surface area contributed by atoms with Crippen LogP contribution in [-0.2, 0) is 6.42 Å². The van der Waals surface area contributed by atoms with Gasteiger partial charge in [-0.15, -0.1) is 0 Å². The summed E-state index contributed by atoms with van der Waals surface area (Å²) in [6.45, 7) is 0. The summed E-state index contributed by atoms with van der Waals surface area (Å²) in [4.78, 5) is 14.2. The largest absolute Gasteiger partial charge is 0.378 e. The van der Waals surface area contributed by atoms with E-state index < -0.39 is 0 Å². The molecule has 3 heteroatoms. The SMILES string of the molecule is CN(C)c1ccc(C(=O)Cc2ccccc2Cl)cc1. The van der Waals surface area contributed by atoms with Crippen LogP contribution in [0.15, 0.2) is 48.5 Å². The summed E-state index contributed by atoms with van der Waals surface area (Å²) >= 11 is 6.06. The fourth-order valence-electron chi connectivity index (χ4n) is 1.86. The van der Waals surface area contributed by atoms with Crippen molar-refractivity contribution >= 4 is 23.1 Å². The number of anilines is 1. The molecule has 0 heterocycles. The van der Waals surface area contributed by atoms with E-state index in [4.69, 9.17) is 11.6 Å². The Balaban J connectivity index is 2.14. The van der Waals surface area contributed by atoms with Gasteiger partial charge in [0.05, 0.1) is 0 Å². The first kappa shape index (κ1) is 13.6. The summed E-state index contributed by atoms with van der Waals surface area (Å²) in [7, 11) is 3.95.